The lowest BCUT2D eigenvalue weighted by Gasteiger charge is -2.34. The zero-order chi connectivity index (χ0) is 14.8. The van der Waals surface area contributed by atoms with Crippen LogP contribution >= 0.6 is 27.3 Å². The molecule has 0 aliphatic carbocycles. The van der Waals surface area contributed by atoms with Gasteiger partial charge < -0.3 is 9.64 Å². The second-order valence-corrected chi connectivity index (χ2v) is 6.65. The number of nitriles is 1. The van der Waals surface area contributed by atoms with Crippen molar-refractivity contribution in [3.05, 3.63) is 44.3 Å². The van der Waals surface area contributed by atoms with Crippen molar-refractivity contribution in [2.45, 2.75) is 13.0 Å². The molecule has 2 aromatic rings. The van der Waals surface area contributed by atoms with Crippen molar-refractivity contribution in [1.82, 2.24) is 4.98 Å². The Balaban J connectivity index is 1.81. The summed E-state index contributed by atoms with van der Waals surface area (Å²) in [7, 11) is 0. The average Bonchev–Trinajstić information content (AvgIpc) is 2.94. The van der Waals surface area contributed by atoms with Crippen molar-refractivity contribution < 1.29 is 4.74 Å². The molecule has 1 aliphatic heterocycles. The van der Waals surface area contributed by atoms with Crippen LogP contribution in [0.1, 0.15) is 22.4 Å². The van der Waals surface area contributed by atoms with E-state index in [1.807, 2.05) is 25.1 Å². The van der Waals surface area contributed by atoms with E-state index in [4.69, 9.17) is 10.00 Å². The van der Waals surface area contributed by atoms with Gasteiger partial charge in [0.05, 0.1) is 30.5 Å². The van der Waals surface area contributed by atoms with Crippen LogP contribution < -0.4 is 4.90 Å². The lowest BCUT2D eigenvalue weighted by atomic mass is 10.2. The molecule has 4 nitrogen and oxygen atoms in total. The molecule has 3 rings (SSSR count). The Morgan fingerprint density at radius 2 is 2.38 bits per heavy atom. The average molecular weight is 364 g/mol. The molecule has 1 fully saturated rings. The molecule has 0 unspecified atom stereocenters. The maximum Gasteiger partial charge on any atom is 0.126 e. The molecule has 0 N–H and O–H groups in total. The van der Waals surface area contributed by atoms with E-state index in [2.05, 4.69) is 37.3 Å². The highest BCUT2D eigenvalue weighted by Crippen LogP contribution is 2.32. The number of aryl methyl sites for hydroxylation is 1. The van der Waals surface area contributed by atoms with E-state index < -0.39 is 0 Å². The number of thiazole rings is 1. The Morgan fingerprint density at radius 1 is 1.52 bits per heavy atom. The van der Waals surface area contributed by atoms with E-state index >= 15 is 0 Å². The molecular formula is C15H14BrN3OS. The Labute approximate surface area is 136 Å². The van der Waals surface area contributed by atoms with Crippen molar-refractivity contribution in [2.75, 3.05) is 24.6 Å². The number of halogens is 1. The number of hydrogen-bond donors (Lipinski definition) is 0. The second kappa shape index (κ2) is 6.14. The van der Waals surface area contributed by atoms with Gasteiger partial charge in [-0.25, -0.2) is 4.98 Å². The minimum absolute atomic E-state index is 0.0139. The Bertz CT molecular complexity index is 694. The van der Waals surface area contributed by atoms with Gasteiger partial charge >= 0.3 is 0 Å². The van der Waals surface area contributed by atoms with Crippen LogP contribution in [0.15, 0.2) is 28.1 Å². The van der Waals surface area contributed by atoms with Crippen molar-refractivity contribution in [2.24, 2.45) is 0 Å². The molecule has 1 saturated heterocycles. The monoisotopic (exact) mass is 363 g/mol. The lowest BCUT2D eigenvalue weighted by Crippen LogP contribution is -2.38. The van der Waals surface area contributed by atoms with E-state index in [-0.39, 0.29) is 6.10 Å². The predicted molar refractivity (Wildman–Crippen MR) is 86.6 cm³/mol. The van der Waals surface area contributed by atoms with Crippen LogP contribution in [0.3, 0.4) is 0 Å². The highest BCUT2D eigenvalue weighted by Gasteiger charge is 2.25. The molecule has 0 amide bonds. The third kappa shape index (κ3) is 3.10. The van der Waals surface area contributed by atoms with E-state index in [1.165, 1.54) is 0 Å². The summed E-state index contributed by atoms with van der Waals surface area (Å²) in [6.45, 7) is 4.29. The van der Waals surface area contributed by atoms with Gasteiger partial charge in [-0.1, -0.05) is 0 Å². The number of hydrogen-bond acceptors (Lipinski definition) is 5. The van der Waals surface area contributed by atoms with Crippen molar-refractivity contribution in [1.29, 1.82) is 5.26 Å². The minimum atomic E-state index is 0.0139. The maximum absolute atomic E-state index is 8.94. The van der Waals surface area contributed by atoms with Crippen molar-refractivity contribution >= 4 is 33.0 Å². The smallest absolute Gasteiger partial charge is 0.126 e. The van der Waals surface area contributed by atoms with Gasteiger partial charge in [0.25, 0.3) is 0 Å². The zero-order valence-electron chi connectivity index (χ0n) is 11.5. The molecule has 21 heavy (non-hydrogen) atoms. The summed E-state index contributed by atoms with van der Waals surface area (Å²) in [5.74, 6) is 0. The molecule has 6 heteroatoms. The normalized spacial score (nSPS) is 18.5. The third-order valence-electron chi connectivity index (χ3n) is 3.40. The van der Waals surface area contributed by atoms with Gasteiger partial charge in [0.2, 0.25) is 0 Å². The van der Waals surface area contributed by atoms with Gasteiger partial charge in [0, 0.05) is 22.1 Å². The van der Waals surface area contributed by atoms with Gasteiger partial charge in [-0.05, 0) is 41.1 Å². The van der Waals surface area contributed by atoms with Gasteiger partial charge in [-0.2, -0.15) is 5.26 Å². The summed E-state index contributed by atoms with van der Waals surface area (Å²) in [5, 5.41) is 12.0. The van der Waals surface area contributed by atoms with Gasteiger partial charge in [-0.3, -0.25) is 0 Å². The minimum Gasteiger partial charge on any atom is -0.367 e. The summed E-state index contributed by atoms with van der Waals surface area (Å²) in [6.07, 6.45) is 0.0139. The van der Waals surface area contributed by atoms with Gasteiger partial charge in [-0.15, -0.1) is 11.3 Å². The van der Waals surface area contributed by atoms with Crippen LogP contribution in [0.5, 0.6) is 0 Å². The van der Waals surface area contributed by atoms with E-state index in [1.54, 1.807) is 11.3 Å². The number of aromatic nitrogens is 1. The first-order valence-corrected chi connectivity index (χ1v) is 8.33. The maximum atomic E-state index is 8.94. The number of morpholine rings is 1. The van der Waals surface area contributed by atoms with Crippen LogP contribution in [0.4, 0.5) is 5.69 Å². The zero-order valence-corrected chi connectivity index (χ0v) is 13.9. The highest BCUT2D eigenvalue weighted by atomic mass is 79.9. The molecule has 0 radical (unpaired) electrons. The van der Waals surface area contributed by atoms with Crippen molar-refractivity contribution in [3.63, 3.8) is 0 Å². The molecule has 1 aliphatic rings. The molecular weight excluding hydrogens is 350 g/mol. The number of benzene rings is 1. The third-order valence-corrected chi connectivity index (χ3v) is 5.09. The Kier molecular flexibility index (Phi) is 4.24. The fraction of sp³-hybridized carbons (Fsp3) is 0.333. The molecule has 108 valence electrons. The first-order chi connectivity index (χ1) is 10.2. The van der Waals surface area contributed by atoms with Crippen LogP contribution in [-0.2, 0) is 4.74 Å². The van der Waals surface area contributed by atoms with Crippen LogP contribution in [0, 0.1) is 18.3 Å². The fourth-order valence-corrected chi connectivity index (χ4v) is 3.84. The van der Waals surface area contributed by atoms with E-state index in [0.29, 0.717) is 12.2 Å². The van der Waals surface area contributed by atoms with E-state index in [0.717, 1.165) is 34.0 Å². The number of nitrogens with zero attached hydrogens (tertiary/aromatic N) is 3. The largest absolute Gasteiger partial charge is 0.367 e. The molecule has 0 bridgehead atoms. The van der Waals surface area contributed by atoms with Crippen LogP contribution in [0.2, 0.25) is 0 Å². The summed E-state index contributed by atoms with van der Waals surface area (Å²) in [4.78, 5) is 6.80. The second-order valence-electron chi connectivity index (χ2n) is 4.91. The first kappa shape index (κ1) is 14.5. The molecule has 1 aromatic carbocycles. The Hall–Kier alpha value is -1.42. The SMILES string of the molecule is Cc1csc([C@@H]2CN(c3ccc(C#N)cc3Br)CCO2)n1. The summed E-state index contributed by atoms with van der Waals surface area (Å²) >= 11 is 5.20. The molecule has 2 heterocycles. The fourth-order valence-electron chi connectivity index (χ4n) is 2.37. The molecule has 0 saturated carbocycles. The predicted octanol–water partition coefficient (Wildman–Crippen LogP) is 3.66. The van der Waals surface area contributed by atoms with E-state index in [9.17, 15) is 0 Å². The molecule has 1 aromatic heterocycles. The van der Waals surface area contributed by atoms with Crippen LogP contribution in [0.25, 0.3) is 0 Å². The molecule has 0 spiro atoms. The number of ether oxygens (including phenoxy) is 1. The quantitative estimate of drug-likeness (QED) is 0.816. The van der Waals surface area contributed by atoms with Gasteiger partial charge in [0.15, 0.2) is 0 Å². The van der Waals surface area contributed by atoms with Gasteiger partial charge in [0.1, 0.15) is 11.1 Å². The van der Waals surface area contributed by atoms with Crippen molar-refractivity contribution in [3.8, 4) is 6.07 Å². The molecule has 1 atom stereocenters. The first-order valence-electron chi connectivity index (χ1n) is 6.65. The highest BCUT2D eigenvalue weighted by molar-refractivity contribution is 9.10. The number of rotatable bonds is 2. The number of anilines is 1. The van der Waals surface area contributed by atoms with Crippen LogP contribution in [-0.4, -0.2) is 24.7 Å². The summed E-state index contributed by atoms with van der Waals surface area (Å²) < 4.78 is 6.79. The standard InChI is InChI=1S/C15H14BrN3OS/c1-10-9-21-15(18-10)14-8-19(4-5-20-14)13-3-2-11(7-17)6-12(13)16/h2-3,6,9,14H,4-5,8H2,1H3/t14-/m0/s1. The summed E-state index contributed by atoms with van der Waals surface area (Å²) in [6, 6.07) is 7.84. The lowest BCUT2D eigenvalue weighted by molar-refractivity contribution is 0.0395. The Morgan fingerprint density at radius 3 is 3.05 bits per heavy atom. The topological polar surface area (TPSA) is 49.2 Å². The summed E-state index contributed by atoms with van der Waals surface area (Å²) in [5.41, 5.74) is 2.79.